The van der Waals surface area contributed by atoms with Gasteiger partial charge in [0.2, 0.25) is 0 Å². The highest BCUT2D eigenvalue weighted by Crippen LogP contribution is 2.14. The maximum Gasteiger partial charge on any atom is 0.330 e. The molecule has 0 fully saturated rings. The van der Waals surface area contributed by atoms with Gasteiger partial charge in [-0.05, 0) is 40.4 Å². The summed E-state index contributed by atoms with van der Waals surface area (Å²) in [6.45, 7) is 3.91. The van der Waals surface area contributed by atoms with Crippen LogP contribution < -0.4 is 16.0 Å². The molecule has 0 spiro atoms. The van der Waals surface area contributed by atoms with Crippen molar-refractivity contribution in [1.82, 2.24) is 16.0 Å². The summed E-state index contributed by atoms with van der Waals surface area (Å²) in [6, 6.07) is 0. The van der Waals surface area contributed by atoms with Crippen LogP contribution in [0.4, 0.5) is 0 Å². The first-order valence-electron chi connectivity index (χ1n) is 10.00. The molecule has 5 nitrogen and oxygen atoms in total. The Morgan fingerprint density at radius 2 is 1.19 bits per heavy atom. The molecule has 0 saturated carbocycles. The molecule has 0 aliphatic heterocycles. The minimum absolute atomic E-state index is 0. The van der Waals surface area contributed by atoms with E-state index in [9.17, 15) is 4.79 Å². The highest BCUT2D eigenvalue weighted by molar-refractivity contribution is 5.85. The highest BCUT2D eigenvalue weighted by atomic mass is 35.5. The standard InChI is InChI=1S/C20H41N3O2.ClH/c1-5-19(24)25-18-16-14-12-10-8-6-7-9-11-13-15-17-20(21-2,22-3)23-4;/h5,21-23H,1,6-18H2,2-4H3;1H. The average molecular weight is 392 g/mol. The van der Waals surface area contributed by atoms with Gasteiger partial charge >= 0.3 is 5.97 Å². The molecule has 0 atom stereocenters. The summed E-state index contributed by atoms with van der Waals surface area (Å²) in [5, 5.41) is 9.95. The van der Waals surface area contributed by atoms with Crippen molar-refractivity contribution >= 4 is 18.4 Å². The summed E-state index contributed by atoms with van der Waals surface area (Å²) in [5.74, 6) is -0.433. The van der Waals surface area contributed by atoms with E-state index in [0.29, 0.717) is 6.61 Å². The van der Waals surface area contributed by atoms with E-state index < -0.39 is 0 Å². The van der Waals surface area contributed by atoms with Gasteiger partial charge in [-0.1, -0.05) is 64.4 Å². The molecule has 0 aromatic carbocycles. The maximum atomic E-state index is 10.9. The molecule has 0 heterocycles. The van der Waals surface area contributed by atoms with Gasteiger partial charge in [0.05, 0.1) is 6.61 Å². The van der Waals surface area contributed by atoms with Crippen LogP contribution in [0.25, 0.3) is 0 Å². The Bertz CT molecular complexity index is 329. The van der Waals surface area contributed by atoms with E-state index in [1.165, 1.54) is 63.9 Å². The lowest BCUT2D eigenvalue weighted by Crippen LogP contribution is -2.63. The molecule has 0 unspecified atom stereocenters. The Hall–Kier alpha value is -0.620. The topological polar surface area (TPSA) is 62.4 Å². The zero-order valence-corrected chi connectivity index (χ0v) is 18.0. The van der Waals surface area contributed by atoms with E-state index in [1.807, 2.05) is 21.1 Å². The van der Waals surface area contributed by atoms with E-state index >= 15 is 0 Å². The molecule has 3 N–H and O–H groups in total. The monoisotopic (exact) mass is 391 g/mol. The zero-order chi connectivity index (χ0) is 18.8. The third-order valence-electron chi connectivity index (χ3n) is 4.89. The zero-order valence-electron chi connectivity index (χ0n) is 17.2. The van der Waals surface area contributed by atoms with Gasteiger partial charge in [0.15, 0.2) is 0 Å². The predicted octanol–water partition coefficient (Wildman–Crippen LogP) is 4.13. The normalized spacial score (nSPS) is 11.0. The quantitative estimate of drug-likeness (QED) is 0.142. The number of hydrogen-bond acceptors (Lipinski definition) is 5. The molecule has 6 heteroatoms. The van der Waals surface area contributed by atoms with Gasteiger partial charge in [0, 0.05) is 6.08 Å². The van der Waals surface area contributed by atoms with Gasteiger partial charge in [0.25, 0.3) is 0 Å². The van der Waals surface area contributed by atoms with E-state index in [1.54, 1.807) is 0 Å². The molecule has 26 heavy (non-hydrogen) atoms. The summed E-state index contributed by atoms with van der Waals surface area (Å²) in [7, 11) is 5.96. The SMILES string of the molecule is C=CC(=O)OCCCCCCCCCCCCCC(NC)(NC)NC.Cl. The first-order valence-corrected chi connectivity index (χ1v) is 10.00. The fourth-order valence-electron chi connectivity index (χ4n) is 3.06. The number of rotatable bonds is 18. The van der Waals surface area contributed by atoms with Crippen LogP contribution in [0.1, 0.15) is 77.0 Å². The van der Waals surface area contributed by atoms with Crippen molar-refractivity contribution in [3.8, 4) is 0 Å². The Balaban J connectivity index is 0. The van der Waals surface area contributed by atoms with E-state index in [4.69, 9.17) is 4.74 Å². The first kappa shape index (κ1) is 27.6. The van der Waals surface area contributed by atoms with E-state index in [2.05, 4.69) is 22.5 Å². The van der Waals surface area contributed by atoms with Crippen molar-refractivity contribution in [3.63, 3.8) is 0 Å². The molecular formula is C20H42ClN3O2. The van der Waals surface area contributed by atoms with Gasteiger partial charge in [-0.3, -0.25) is 16.0 Å². The smallest absolute Gasteiger partial charge is 0.330 e. The molecule has 0 amide bonds. The molecular weight excluding hydrogens is 350 g/mol. The maximum absolute atomic E-state index is 10.9. The summed E-state index contributed by atoms with van der Waals surface area (Å²) in [4.78, 5) is 10.9. The molecule has 0 radical (unpaired) electrons. The van der Waals surface area contributed by atoms with Gasteiger partial charge in [-0.2, -0.15) is 0 Å². The molecule has 0 aliphatic carbocycles. The number of unbranched alkanes of at least 4 members (excludes halogenated alkanes) is 10. The lowest BCUT2D eigenvalue weighted by Gasteiger charge is -2.33. The van der Waals surface area contributed by atoms with Gasteiger partial charge in [0.1, 0.15) is 5.79 Å². The van der Waals surface area contributed by atoms with Gasteiger partial charge < -0.3 is 4.74 Å². The second kappa shape index (κ2) is 19.2. The van der Waals surface area contributed by atoms with Gasteiger partial charge in [-0.25, -0.2) is 4.79 Å². The third-order valence-corrected chi connectivity index (χ3v) is 4.89. The lowest BCUT2D eigenvalue weighted by atomic mass is 10.0. The molecule has 0 aromatic heterocycles. The number of carbonyl (C=O) groups is 1. The van der Waals surface area contributed by atoms with Crippen molar-refractivity contribution in [2.24, 2.45) is 0 Å². The van der Waals surface area contributed by atoms with E-state index in [0.717, 1.165) is 19.3 Å². The Morgan fingerprint density at radius 1 is 0.808 bits per heavy atom. The van der Waals surface area contributed by atoms with E-state index in [-0.39, 0.29) is 24.2 Å². The van der Waals surface area contributed by atoms with Crippen LogP contribution in [-0.2, 0) is 9.53 Å². The molecule has 0 rings (SSSR count). The fraction of sp³-hybridized carbons (Fsp3) is 0.850. The van der Waals surface area contributed by atoms with Crippen molar-refractivity contribution in [1.29, 1.82) is 0 Å². The predicted molar refractivity (Wildman–Crippen MR) is 114 cm³/mol. The van der Waals surface area contributed by atoms with Crippen molar-refractivity contribution in [2.45, 2.75) is 82.8 Å². The van der Waals surface area contributed by atoms with Crippen molar-refractivity contribution in [2.75, 3.05) is 27.7 Å². The largest absolute Gasteiger partial charge is 0.463 e. The number of ether oxygens (including phenoxy) is 1. The number of halogens is 1. The van der Waals surface area contributed by atoms with Crippen LogP contribution >= 0.6 is 12.4 Å². The number of hydrogen-bond donors (Lipinski definition) is 3. The fourth-order valence-corrected chi connectivity index (χ4v) is 3.06. The summed E-state index contributed by atoms with van der Waals surface area (Å²) >= 11 is 0. The van der Waals surface area contributed by atoms with Crippen LogP contribution in [0.3, 0.4) is 0 Å². The van der Waals surface area contributed by atoms with Crippen molar-refractivity contribution in [3.05, 3.63) is 12.7 Å². The molecule has 0 bridgehead atoms. The average Bonchev–Trinajstić information content (AvgIpc) is 2.65. The number of nitrogens with one attached hydrogen (secondary N) is 3. The Morgan fingerprint density at radius 3 is 1.58 bits per heavy atom. The first-order chi connectivity index (χ1) is 12.1. The number of carbonyl (C=O) groups excluding carboxylic acids is 1. The summed E-state index contributed by atoms with van der Waals surface area (Å²) < 4.78 is 4.96. The second-order valence-corrected chi connectivity index (χ2v) is 6.67. The van der Waals surface area contributed by atoms with Crippen LogP contribution in [0.5, 0.6) is 0 Å². The molecule has 156 valence electrons. The third kappa shape index (κ3) is 14.5. The van der Waals surface area contributed by atoms with Crippen LogP contribution in [0, 0.1) is 0 Å². The van der Waals surface area contributed by atoms with Gasteiger partial charge in [-0.15, -0.1) is 12.4 Å². The number of esters is 1. The minimum Gasteiger partial charge on any atom is -0.463 e. The summed E-state index contributed by atoms with van der Waals surface area (Å²) in [6.07, 6.45) is 16.2. The van der Waals surface area contributed by atoms with Crippen LogP contribution in [0.15, 0.2) is 12.7 Å². The highest BCUT2D eigenvalue weighted by Gasteiger charge is 2.21. The molecule has 0 aliphatic rings. The Labute approximate surface area is 167 Å². The Kier molecular flexibility index (Phi) is 20.3. The minimum atomic E-state index is -0.312. The molecule has 0 aromatic rings. The second-order valence-electron chi connectivity index (χ2n) is 6.67. The van der Waals surface area contributed by atoms with Crippen molar-refractivity contribution < 1.29 is 9.53 Å². The lowest BCUT2D eigenvalue weighted by molar-refractivity contribution is -0.137. The van der Waals surface area contributed by atoms with Crippen LogP contribution in [-0.4, -0.2) is 39.5 Å². The summed E-state index contributed by atoms with van der Waals surface area (Å²) in [5.41, 5.74) is 0. The van der Waals surface area contributed by atoms with Crippen LogP contribution in [0.2, 0.25) is 0 Å². The molecule has 0 saturated heterocycles.